The van der Waals surface area contributed by atoms with Crippen LogP contribution in [0.3, 0.4) is 0 Å². The van der Waals surface area contributed by atoms with Gasteiger partial charge in [-0.2, -0.15) is 0 Å². The molecule has 6 aromatic rings. The SMILES string of the molecule is Nc1ccc(CC(NC(=O)CCCCCOC(=O)c2ccc(N)cc2)C(=O)OCCCCCC(=O)Oc2ccc(N)c(Nc3ccc(C(=O)OCCOCC(=O)NC(Cc4ccc(N)cc4)C(=O)OCCOCC(=O)Oc4ccc(N)cc4)cc3)c2)cc1. The first-order chi connectivity index (χ1) is 42.5. The van der Waals surface area contributed by atoms with Gasteiger partial charge in [-0.25, -0.2) is 24.0 Å². The minimum absolute atomic E-state index is 0.0680. The molecule has 0 aromatic heterocycles. The van der Waals surface area contributed by atoms with Gasteiger partial charge in [0.05, 0.1) is 48.9 Å². The minimum atomic E-state index is -1.12. The Kier molecular flexibility index (Phi) is 27.3. The van der Waals surface area contributed by atoms with E-state index in [2.05, 4.69) is 16.0 Å². The molecule has 2 unspecified atom stereocenters. The van der Waals surface area contributed by atoms with Crippen LogP contribution in [-0.2, 0) is 70.0 Å². The van der Waals surface area contributed by atoms with Crippen molar-refractivity contribution in [3.8, 4) is 11.5 Å². The topological polar surface area (TPSA) is 377 Å². The number of esters is 6. The van der Waals surface area contributed by atoms with Crippen LogP contribution in [0.15, 0.2) is 140 Å². The van der Waals surface area contributed by atoms with E-state index in [4.69, 9.17) is 66.6 Å². The lowest BCUT2D eigenvalue weighted by Gasteiger charge is -2.18. The summed E-state index contributed by atoms with van der Waals surface area (Å²) in [4.78, 5) is 102. The van der Waals surface area contributed by atoms with Crippen LogP contribution in [0.5, 0.6) is 11.5 Å². The number of carbonyl (C=O) groups excluding carboxylic acids is 8. The number of carbonyl (C=O) groups is 8. The number of benzene rings is 6. The molecule has 24 nitrogen and oxygen atoms in total. The smallest absolute Gasteiger partial charge is 0.338 e. The van der Waals surface area contributed by atoms with E-state index < -0.39 is 67.0 Å². The van der Waals surface area contributed by atoms with Crippen LogP contribution in [0.1, 0.15) is 83.2 Å². The van der Waals surface area contributed by atoms with Gasteiger partial charge in [-0.05, 0) is 159 Å². The monoisotopic (exact) mass is 1210 g/mol. The molecule has 0 aliphatic rings. The van der Waals surface area contributed by atoms with Crippen molar-refractivity contribution in [2.24, 2.45) is 0 Å². The molecule has 88 heavy (non-hydrogen) atoms. The van der Waals surface area contributed by atoms with Crippen LogP contribution in [0.4, 0.5) is 39.8 Å². The van der Waals surface area contributed by atoms with Crippen molar-refractivity contribution in [2.45, 2.75) is 76.3 Å². The number of ether oxygens (including phenoxy) is 8. The van der Waals surface area contributed by atoms with Crippen molar-refractivity contribution in [1.29, 1.82) is 0 Å². The zero-order valence-electron chi connectivity index (χ0n) is 48.6. The molecule has 6 rings (SSSR count). The van der Waals surface area contributed by atoms with Crippen LogP contribution in [-0.4, -0.2) is 113 Å². The number of amides is 2. The molecule has 13 N–H and O–H groups in total. The maximum atomic E-state index is 13.3. The maximum Gasteiger partial charge on any atom is 0.338 e. The Morgan fingerprint density at radius 1 is 0.398 bits per heavy atom. The van der Waals surface area contributed by atoms with E-state index in [1.54, 1.807) is 115 Å². The quantitative estimate of drug-likeness (QED) is 0.00678. The van der Waals surface area contributed by atoms with Gasteiger partial charge in [0, 0.05) is 60.2 Å². The molecule has 0 aliphatic carbocycles. The van der Waals surface area contributed by atoms with Gasteiger partial charge < -0.3 is 82.5 Å². The second-order valence-electron chi connectivity index (χ2n) is 20.1. The van der Waals surface area contributed by atoms with Gasteiger partial charge in [0.25, 0.3) is 0 Å². The third kappa shape index (κ3) is 24.8. The number of hydrogen-bond acceptors (Lipinski definition) is 22. The zero-order chi connectivity index (χ0) is 63.0. The van der Waals surface area contributed by atoms with Crippen molar-refractivity contribution in [2.75, 3.05) is 86.8 Å². The Hall–Kier alpha value is -10.2. The van der Waals surface area contributed by atoms with E-state index in [9.17, 15) is 38.4 Å². The van der Waals surface area contributed by atoms with Crippen molar-refractivity contribution < 1.29 is 76.3 Å². The molecule has 0 spiro atoms. The molecular formula is C64H74N8O16. The molecule has 0 fully saturated rings. The molecule has 466 valence electrons. The molecule has 0 saturated heterocycles. The second-order valence-corrected chi connectivity index (χ2v) is 20.1. The van der Waals surface area contributed by atoms with Crippen LogP contribution in [0, 0.1) is 0 Å². The first-order valence-electron chi connectivity index (χ1n) is 28.5. The number of rotatable bonds is 36. The fourth-order valence-electron chi connectivity index (χ4n) is 8.25. The van der Waals surface area contributed by atoms with Crippen LogP contribution >= 0.6 is 0 Å². The molecule has 6 aromatic carbocycles. The van der Waals surface area contributed by atoms with E-state index in [1.807, 2.05) is 0 Å². The van der Waals surface area contributed by atoms with Gasteiger partial charge in [0.2, 0.25) is 11.8 Å². The summed E-state index contributed by atoms with van der Waals surface area (Å²) in [6.45, 7) is -1.27. The summed E-state index contributed by atoms with van der Waals surface area (Å²) in [5, 5.41) is 8.55. The predicted octanol–water partition coefficient (Wildman–Crippen LogP) is 6.56. The fourth-order valence-corrected chi connectivity index (χ4v) is 8.25. The lowest BCUT2D eigenvalue weighted by atomic mass is 10.0. The summed E-state index contributed by atoms with van der Waals surface area (Å²) in [5.74, 6) is -4.03. The Morgan fingerprint density at radius 3 is 1.42 bits per heavy atom. The van der Waals surface area contributed by atoms with Gasteiger partial charge in [0.15, 0.2) is 0 Å². The average molecular weight is 1210 g/mol. The lowest BCUT2D eigenvalue weighted by Crippen LogP contribution is -2.45. The molecule has 0 radical (unpaired) electrons. The van der Waals surface area contributed by atoms with Crippen molar-refractivity contribution in [3.05, 3.63) is 162 Å². The number of anilines is 7. The fraction of sp³-hybridized carbons (Fsp3) is 0.312. The largest absolute Gasteiger partial charge is 0.464 e. The van der Waals surface area contributed by atoms with Crippen LogP contribution < -0.4 is 54.1 Å². The highest BCUT2D eigenvalue weighted by atomic mass is 16.6. The number of unbranched alkanes of at least 4 members (excludes halogenated alkanes) is 4. The van der Waals surface area contributed by atoms with Gasteiger partial charge >= 0.3 is 35.8 Å². The van der Waals surface area contributed by atoms with Gasteiger partial charge in [-0.15, -0.1) is 0 Å². The number of hydrogen-bond donors (Lipinski definition) is 8. The number of nitrogens with one attached hydrogen (secondary N) is 3. The minimum Gasteiger partial charge on any atom is -0.464 e. The van der Waals surface area contributed by atoms with Crippen molar-refractivity contribution in [1.82, 2.24) is 10.6 Å². The molecule has 0 heterocycles. The standard InChI is InChI=1S/C64H74N8O16/c65-46-17-9-42(10-18-46)37-55(71-57(73)7-3-1-5-31-83-61(77)44-13-21-48(67)22-14-44)63(79)84-32-6-2-4-8-59(75)88-52-29-30-53(69)54(39-52)70-50-25-15-45(16-26-50)62(78)85-35-33-81-40-58(74)72-56(38-43-11-19-47(66)20-12-43)64(80)86-36-34-82-41-60(76)87-51-27-23-49(68)24-28-51/h9-30,39,55-56,70H,1-8,31-38,40-41,65-69H2,(H,71,73)(H,72,74). The van der Waals surface area contributed by atoms with Crippen LogP contribution in [0.2, 0.25) is 0 Å². The van der Waals surface area contributed by atoms with Gasteiger partial charge in [-0.1, -0.05) is 24.3 Å². The Bertz CT molecular complexity index is 3240. The highest BCUT2D eigenvalue weighted by molar-refractivity contribution is 5.91. The van der Waals surface area contributed by atoms with E-state index in [0.717, 1.165) is 5.56 Å². The Morgan fingerprint density at radius 2 is 0.841 bits per heavy atom. The average Bonchev–Trinajstić information content (AvgIpc) is 3.72. The molecule has 0 bridgehead atoms. The first-order valence-corrected chi connectivity index (χ1v) is 28.5. The van der Waals surface area contributed by atoms with E-state index in [1.165, 1.54) is 24.3 Å². The highest BCUT2D eigenvalue weighted by Crippen LogP contribution is 2.29. The normalized spacial score (nSPS) is 11.5. The summed E-state index contributed by atoms with van der Waals surface area (Å²) in [7, 11) is 0. The van der Waals surface area contributed by atoms with E-state index in [-0.39, 0.29) is 82.5 Å². The van der Waals surface area contributed by atoms with E-state index in [0.29, 0.717) is 95.2 Å². The van der Waals surface area contributed by atoms with Crippen molar-refractivity contribution in [3.63, 3.8) is 0 Å². The maximum absolute atomic E-state index is 13.3. The summed E-state index contributed by atoms with van der Waals surface area (Å²) < 4.78 is 43.0. The zero-order valence-corrected chi connectivity index (χ0v) is 48.6. The number of nitrogens with two attached hydrogens (primary N) is 5. The Balaban J connectivity index is 0.845. The van der Waals surface area contributed by atoms with Crippen LogP contribution in [0.25, 0.3) is 0 Å². The van der Waals surface area contributed by atoms with Gasteiger partial charge in [-0.3, -0.25) is 14.4 Å². The molecule has 24 heteroatoms. The molecule has 2 amide bonds. The third-order valence-electron chi connectivity index (χ3n) is 12.9. The van der Waals surface area contributed by atoms with Gasteiger partial charge in [0.1, 0.15) is 50.0 Å². The summed E-state index contributed by atoms with van der Waals surface area (Å²) in [5.41, 5.74) is 34.8. The van der Waals surface area contributed by atoms with E-state index >= 15 is 0 Å². The lowest BCUT2D eigenvalue weighted by molar-refractivity contribution is -0.150. The summed E-state index contributed by atoms with van der Waals surface area (Å²) in [6.07, 6.45) is 3.65. The summed E-state index contributed by atoms with van der Waals surface area (Å²) in [6, 6.07) is 35.3. The third-order valence-corrected chi connectivity index (χ3v) is 12.9. The summed E-state index contributed by atoms with van der Waals surface area (Å²) >= 11 is 0. The second kappa shape index (κ2) is 35.9. The van der Waals surface area contributed by atoms with Crippen molar-refractivity contribution >= 4 is 87.4 Å². The molecule has 2 atom stereocenters. The predicted molar refractivity (Wildman–Crippen MR) is 328 cm³/mol. The Labute approximate surface area is 508 Å². The molecule has 0 saturated carbocycles. The highest BCUT2D eigenvalue weighted by Gasteiger charge is 2.25. The molecular weight excluding hydrogens is 1140 g/mol. The molecule has 0 aliphatic heterocycles. The first kappa shape index (κ1) is 66.9. The number of nitrogen functional groups attached to an aromatic ring is 5.